The second-order valence-corrected chi connectivity index (χ2v) is 16.4. The lowest BCUT2D eigenvalue weighted by atomic mass is 10.0. The summed E-state index contributed by atoms with van der Waals surface area (Å²) in [5.74, 6) is -0.284. The van der Waals surface area contributed by atoms with E-state index in [4.69, 9.17) is 19.3 Å². The average molecular weight is 799 g/mol. The van der Waals surface area contributed by atoms with E-state index in [1.165, 1.54) is 77.0 Å². The van der Waals surface area contributed by atoms with Gasteiger partial charge in [-0.05, 0) is 38.0 Å². The lowest BCUT2D eigenvalue weighted by Crippen LogP contribution is -2.29. The van der Waals surface area contributed by atoms with Gasteiger partial charge < -0.3 is 29.5 Å². The van der Waals surface area contributed by atoms with Gasteiger partial charge in [0.1, 0.15) is 6.61 Å². The van der Waals surface area contributed by atoms with E-state index < -0.39 is 44.7 Å². The molecule has 0 rings (SSSR count). The maximum atomic E-state index is 12.4. The minimum absolute atomic E-state index is 0.0362. The normalized spacial score (nSPS) is 14.2. The van der Waals surface area contributed by atoms with E-state index in [-0.39, 0.29) is 19.4 Å². The largest absolute Gasteiger partial charge is 0.469 e. The molecule has 0 fully saturated rings. The van der Waals surface area contributed by atoms with Gasteiger partial charge in [-0.1, -0.05) is 185 Å². The van der Waals surface area contributed by atoms with Crippen LogP contribution in [0.1, 0.15) is 181 Å². The summed E-state index contributed by atoms with van der Waals surface area (Å²) in [5.41, 5.74) is 0. The van der Waals surface area contributed by atoms with Gasteiger partial charge in [-0.2, -0.15) is 0 Å². The first-order valence-corrected chi connectivity index (χ1v) is 23.0. The van der Waals surface area contributed by atoms with Crippen molar-refractivity contribution in [1.82, 2.24) is 0 Å². The fourth-order valence-electron chi connectivity index (χ4n) is 5.95. The quantitative estimate of drug-likeness (QED) is 0.0205. The molecule has 0 saturated carbocycles. The number of phosphoric ester groups is 1. The Balaban J connectivity index is 4.12. The molecule has 3 atom stereocenters. The van der Waals surface area contributed by atoms with Crippen molar-refractivity contribution in [3.8, 4) is 0 Å². The van der Waals surface area contributed by atoms with Gasteiger partial charge >= 0.3 is 19.8 Å². The number of esters is 2. The second-order valence-electron chi connectivity index (χ2n) is 15.2. The predicted molar refractivity (Wildman–Crippen MR) is 223 cm³/mol. The van der Waals surface area contributed by atoms with Gasteiger partial charge in [0.15, 0.2) is 6.10 Å². The van der Waals surface area contributed by atoms with Crippen LogP contribution in [0.4, 0.5) is 0 Å². The number of aliphatic hydroxyl groups is 2. The van der Waals surface area contributed by atoms with Crippen LogP contribution in [0.25, 0.3) is 0 Å². The number of rotatable bonds is 38. The van der Waals surface area contributed by atoms with Crippen LogP contribution < -0.4 is 0 Å². The van der Waals surface area contributed by atoms with Crippen molar-refractivity contribution >= 4 is 19.8 Å². The topological polar surface area (TPSA) is 160 Å². The number of ether oxygens (including phenoxy) is 2. The standard InChI is InChI=1S/C44H79O10P/c1-4-5-24-31-40(45)32-26-21-17-15-18-22-27-33-41(46)34-29-36-44(48)54-42(38-53-55(49,50)51)37-52-43(47)35-28-23-19-14-12-10-8-6-7-9-11-13-16-20-25-30-39(2)3/h17-18,21-22,26-27,32-33,39-42,45-46H,4-16,19-20,23-25,28-31,34-38H2,1-3H3,(H2,49,50,51)/b21-17-,22-18-,32-26+,33-27+/t40-,41-,42-/m1/s1. The zero-order valence-electron chi connectivity index (χ0n) is 34.7. The molecule has 0 bridgehead atoms. The molecule has 55 heavy (non-hydrogen) atoms. The number of unbranched alkanes of at least 4 members (excludes halogenated alkanes) is 16. The summed E-state index contributed by atoms with van der Waals surface area (Å²) in [6.45, 7) is 5.74. The maximum Gasteiger partial charge on any atom is 0.469 e. The first-order chi connectivity index (χ1) is 26.4. The Morgan fingerprint density at radius 3 is 1.53 bits per heavy atom. The van der Waals surface area contributed by atoms with Gasteiger partial charge in [0.2, 0.25) is 0 Å². The minimum Gasteiger partial charge on any atom is -0.462 e. The van der Waals surface area contributed by atoms with Gasteiger partial charge in [0.25, 0.3) is 0 Å². The highest BCUT2D eigenvalue weighted by molar-refractivity contribution is 7.46. The van der Waals surface area contributed by atoms with Gasteiger partial charge in [-0.25, -0.2) is 4.57 Å². The van der Waals surface area contributed by atoms with Gasteiger partial charge in [-0.15, -0.1) is 0 Å². The minimum atomic E-state index is -4.82. The molecule has 0 aromatic heterocycles. The highest BCUT2D eigenvalue weighted by Gasteiger charge is 2.23. The van der Waals surface area contributed by atoms with Crippen molar-refractivity contribution in [2.24, 2.45) is 5.92 Å². The number of aliphatic hydroxyl groups excluding tert-OH is 2. The molecule has 4 N–H and O–H groups in total. The third-order valence-corrected chi connectivity index (χ3v) is 9.72. The number of allylic oxidation sites excluding steroid dienone is 6. The van der Waals surface area contributed by atoms with Crippen molar-refractivity contribution in [2.45, 2.75) is 200 Å². The van der Waals surface area contributed by atoms with Crippen LogP contribution in [-0.4, -0.2) is 63.5 Å². The van der Waals surface area contributed by atoms with E-state index in [2.05, 4.69) is 25.3 Å². The fourth-order valence-corrected chi connectivity index (χ4v) is 6.31. The highest BCUT2D eigenvalue weighted by atomic mass is 31.2. The van der Waals surface area contributed by atoms with Gasteiger partial charge in [-0.3, -0.25) is 14.1 Å². The van der Waals surface area contributed by atoms with Crippen LogP contribution in [0.5, 0.6) is 0 Å². The monoisotopic (exact) mass is 799 g/mol. The summed E-state index contributed by atoms with van der Waals surface area (Å²) in [6.07, 6.45) is 37.6. The molecule has 0 radical (unpaired) electrons. The second kappa shape index (κ2) is 37.5. The molecule has 0 unspecified atom stereocenters. The number of hydrogen-bond acceptors (Lipinski definition) is 8. The summed E-state index contributed by atoms with van der Waals surface area (Å²) >= 11 is 0. The Kier molecular flexibility index (Phi) is 36.1. The Hall–Kier alpha value is -2.07. The molecular weight excluding hydrogens is 719 g/mol. The number of carbonyl (C=O) groups is 2. The summed E-state index contributed by atoms with van der Waals surface area (Å²) in [6, 6.07) is 0. The molecule has 0 aromatic rings. The maximum absolute atomic E-state index is 12.4. The predicted octanol–water partition coefficient (Wildman–Crippen LogP) is 10.9. The molecule has 0 saturated heterocycles. The highest BCUT2D eigenvalue weighted by Crippen LogP contribution is 2.36. The lowest BCUT2D eigenvalue weighted by molar-refractivity contribution is -0.161. The van der Waals surface area contributed by atoms with Gasteiger partial charge in [0.05, 0.1) is 18.8 Å². The molecule has 0 aliphatic heterocycles. The van der Waals surface area contributed by atoms with E-state index in [0.717, 1.165) is 50.9 Å². The Morgan fingerprint density at radius 2 is 1.04 bits per heavy atom. The molecule has 0 aromatic carbocycles. The Morgan fingerprint density at radius 1 is 0.582 bits per heavy atom. The summed E-state index contributed by atoms with van der Waals surface area (Å²) in [5, 5.41) is 20.1. The van der Waals surface area contributed by atoms with E-state index in [1.54, 1.807) is 18.2 Å². The van der Waals surface area contributed by atoms with Crippen LogP contribution in [0.3, 0.4) is 0 Å². The molecule has 0 aliphatic rings. The molecule has 0 amide bonds. The number of phosphoric acid groups is 1. The zero-order chi connectivity index (χ0) is 40.8. The lowest BCUT2D eigenvalue weighted by Gasteiger charge is -2.18. The fraction of sp³-hybridized carbons (Fsp3) is 0.773. The molecule has 0 aliphatic carbocycles. The summed E-state index contributed by atoms with van der Waals surface area (Å²) < 4.78 is 26.3. The molecule has 11 heteroatoms. The summed E-state index contributed by atoms with van der Waals surface area (Å²) in [4.78, 5) is 42.9. The van der Waals surface area contributed by atoms with Crippen LogP contribution in [0.2, 0.25) is 0 Å². The van der Waals surface area contributed by atoms with Crippen LogP contribution in [0, 0.1) is 5.92 Å². The van der Waals surface area contributed by atoms with E-state index in [1.807, 2.05) is 30.4 Å². The third-order valence-electron chi connectivity index (χ3n) is 9.24. The average Bonchev–Trinajstić information content (AvgIpc) is 3.12. The first-order valence-electron chi connectivity index (χ1n) is 21.5. The number of hydrogen-bond donors (Lipinski definition) is 4. The molecule has 320 valence electrons. The van der Waals surface area contributed by atoms with Crippen molar-refractivity contribution in [1.29, 1.82) is 0 Å². The van der Waals surface area contributed by atoms with E-state index >= 15 is 0 Å². The molecule has 0 heterocycles. The molecule has 10 nitrogen and oxygen atoms in total. The van der Waals surface area contributed by atoms with E-state index in [9.17, 15) is 24.4 Å². The molecule has 0 spiro atoms. The van der Waals surface area contributed by atoms with Crippen molar-refractivity contribution in [3.63, 3.8) is 0 Å². The Bertz CT molecular complexity index is 1080. The van der Waals surface area contributed by atoms with Crippen LogP contribution in [0.15, 0.2) is 48.6 Å². The smallest absolute Gasteiger partial charge is 0.462 e. The van der Waals surface area contributed by atoms with E-state index in [0.29, 0.717) is 25.7 Å². The molecular formula is C44H79O10P. The number of carbonyl (C=O) groups excluding carboxylic acids is 2. The van der Waals surface area contributed by atoms with Crippen molar-refractivity contribution in [2.75, 3.05) is 13.2 Å². The first kappa shape index (κ1) is 52.9. The van der Waals surface area contributed by atoms with Crippen LogP contribution >= 0.6 is 7.82 Å². The van der Waals surface area contributed by atoms with Crippen molar-refractivity contribution in [3.05, 3.63) is 48.6 Å². The SMILES string of the molecule is CCCCC[C@@H](O)/C=C/C=C\C/C=C\C=C\[C@@H](O)CCCC(=O)O[C@H](COC(=O)CCCCCCCCCCCCCCCCCC(C)C)COP(=O)(O)O. The third kappa shape index (κ3) is 41.4. The summed E-state index contributed by atoms with van der Waals surface area (Å²) in [7, 11) is -4.82. The van der Waals surface area contributed by atoms with Gasteiger partial charge in [0, 0.05) is 12.8 Å². The van der Waals surface area contributed by atoms with Crippen LogP contribution in [-0.2, 0) is 28.2 Å². The zero-order valence-corrected chi connectivity index (χ0v) is 35.6. The van der Waals surface area contributed by atoms with Crippen molar-refractivity contribution < 1.29 is 48.2 Å². The Labute approximate surface area is 334 Å².